The van der Waals surface area contributed by atoms with Crippen LogP contribution in [0.4, 0.5) is 4.79 Å². The fourth-order valence-electron chi connectivity index (χ4n) is 2.70. The van der Waals surface area contributed by atoms with E-state index in [1.165, 1.54) is 4.90 Å². The Kier molecular flexibility index (Phi) is 5.41. The number of carbonyl (C=O) groups excluding carboxylic acids is 2. The van der Waals surface area contributed by atoms with Gasteiger partial charge in [-0.15, -0.1) is 0 Å². The first kappa shape index (κ1) is 16.3. The summed E-state index contributed by atoms with van der Waals surface area (Å²) < 4.78 is 5.70. The molecule has 1 aromatic rings. The van der Waals surface area contributed by atoms with Crippen molar-refractivity contribution in [1.82, 2.24) is 10.2 Å². The Morgan fingerprint density at radius 3 is 2.50 bits per heavy atom. The van der Waals surface area contributed by atoms with E-state index in [0.29, 0.717) is 26.0 Å². The van der Waals surface area contributed by atoms with Crippen LogP contribution < -0.4 is 10.1 Å². The van der Waals surface area contributed by atoms with E-state index in [0.717, 1.165) is 23.3 Å². The lowest BCUT2D eigenvalue weighted by Crippen LogP contribution is -2.33. The summed E-state index contributed by atoms with van der Waals surface area (Å²) in [5.74, 6) is 0.719. The average molecular weight is 304 g/mol. The molecule has 1 aliphatic heterocycles. The van der Waals surface area contributed by atoms with E-state index in [-0.39, 0.29) is 18.0 Å². The summed E-state index contributed by atoms with van der Waals surface area (Å²) in [5.41, 5.74) is 2.32. The third kappa shape index (κ3) is 4.00. The molecule has 0 aromatic heterocycles. The number of urea groups is 1. The van der Waals surface area contributed by atoms with Crippen molar-refractivity contribution in [2.24, 2.45) is 0 Å². The monoisotopic (exact) mass is 304 g/mol. The summed E-state index contributed by atoms with van der Waals surface area (Å²) in [6, 6.07) is 5.43. The minimum atomic E-state index is -0.349. The lowest BCUT2D eigenvalue weighted by atomic mass is 10.1. The van der Waals surface area contributed by atoms with Crippen molar-refractivity contribution >= 4 is 11.9 Å². The highest BCUT2D eigenvalue weighted by Gasteiger charge is 2.36. The first-order valence-electron chi connectivity index (χ1n) is 7.84. The highest BCUT2D eigenvalue weighted by atomic mass is 16.5. The van der Waals surface area contributed by atoms with Crippen LogP contribution >= 0.6 is 0 Å². The zero-order valence-corrected chi connectivity index (χ0v) is 13.5. The first-order valence-corrected chi connectivity index (χ1v) is 7.84. The van der Waals surface area contributed by atoms with Crippen LogP contribution in [-0.2, 0) is 4.79 Å². The summed E-state index contributed by atoms with van der Waals surface area (Å²) >= 11 is 0. The maximum Gasteiger partial charge on any atom is 0.324 e. The van der Waals surface area contributed by atoms with Crippen LogP contribution in [0.2, 0.25) is 0 Å². The maximum atomic E-state index is 12.1. The molecule has 0 spiro atoms. The number of imide groups is 1. The Labute approximate surface area is 131 Å². The number of nitrogens with zero attached hydrogens (tertiary/aromatic N) is 1. The molecular formula is C17H24N2O3. The predicted molar refractivity (Wildman–Crippen MR) is 85.0 cm³/mol. The van der Waals surface area contributed by atoms with Gasteiger partial charge in [-0.1, -0.05) is 19.4 Å². The predicted octanol–water partition coefficient (Wildman–Crippen LogP) is 2.79. The van der Waals surface area contributed by atoms with Crippen molar-refractivity contribution in [3.8, 4) is 5.75 Å². The zero-order chi connectivity index (χ0) is 16.1. The number of amides is 3. The smallest absolute Gasteiger partial charge is 0.324 e. The van der Waals surface area contributed by atoms with Crippen molar-refractivity contribution in [1.29, 1.82) is 0 Å². The molecule has 0 radical (unpaired) electrons. The maximum absolute atomic E-state index is 12.1. The molecule has 22 heavy (non-hydrogen) atoms. The van der Waals surface area contributed by atoms with Crippen LogP contribution in [-0.4, -0.2) is 36.0 Å². The van der Waals surface area contributed by atoms with Gasteiger partial charge < -0.3 is 10.1 Å². The third-order valence-electron chi connectivity index (χ3n) is 3.67. The molecule has 0 unspecified atom stereocenters. The molecule has 1 heterocycles. The van der Waals surface area contributed by atoms with Crippen LogP contribution in [0.1, 0.15) is 37.3 Å². The van der Waals surface area contributed by atoms with Gasteiger partial charge in [-0.2, -0.15) is 0 Å². The number of carbonyl (C=O) groups is 2. The second-order valence-corrected chi connectivity index (χ2v) is 5.81. The van der Waals surface area contributed by atoms with Crippen molar-refractivity contribution < 1.29 is 14.3 Å². The minimum absolute atomic E-state index is 0.113. The average Bonchev–Trinajstić information content (AvgIpc) is 2.70. The van der Waals surface area contributed by atoms with Crippen LogP contribution in [0.25, 0.3) is 0 Å². The van der Waals surface area contributed by atoms with E-state index < -0.39 is 0 Å². The lowest BCUT2D eigenvalue weighted by molar-refractivity contribution is -0.127. The molecular weight excluding hydrogens is 280 g/mol. The normalized spacial score (nSPS) is 17.8. The Bertz CT molecular complexity index is 537. The number of ether oxygens (including phenoxy) is 1. The van der Waals surface area contributed by atoms with Gasteiger partial charge in [0, 0.05) is 6.54 Å². The van der Waals surface area contributed by atoms with Crippen molar-refractivity contribution in [3.05, 3.63) is 29.3 Å². The topological polar surface area (TPSA) is 58.6 Å². The molecule has 0 bridgehead atoms. The molecule has 5 heteroatoms. The van der Waals surface area contributed by atoms with Gasteiger partial charge in [-0.25, -0.2) is 4.79 Å². The minimum Gasteiger partial charge on any atom is -0.494 e. The first-order chi connectivity index (χ1) is 10.5. The molecule has 1 atom stereocenters. The van der Waals surface area contributed by atoms with Gasteiger partial charge >= 0.3 is 6.03 Å². The zero-order valence-electron chi connectivity index (χ0n) is 13.5. The van der Waals surface area contributed by atoms with E-state index in [2.05, 4.69) is 11.4 Å². The van der Waals surface area contributed by atoms with Gasteiger partial charge in [0.25, 0.3) is 5.91 Å². The van der Waals surface area contributed by atoms with Crippen molar-refractivity contribution in [3.63, 3.8) is 0 Å². The van der Waals surface area contributed by atoms with Crippen molar-refractivity contribution in [2.45, 2.75) is 46.1 Å². The molecule has 1 aliphatic rings. The number of benzene rings is 1. The van der Waals surface area contributed by atoms with E-state index in [1.54, 1.807) is 0 Å². The molecule has 120 valence electrons. The Balaban J connectivity index is 1.79. The van der Waals surface area contributed by atoms with E-state index in [4.69, 9.17) is 4.74 Å². The number of hydrogen-bond acceptors (Lipinski definition) is 3. The van der Waals surface area contributed by atoms with E-state index in [9.17, 15) is 9.59 Å². The molecule has 0 saturated carbocycles. The molecule has 3 amide bonds. The van der Waals surface area contributed by atoms with Crippen LogP contribution in [0.15, 0.2) is 18.2 Å². The largest absolute Gasteiger partial charge is 0.494 e. The van der Waals surface area contributed by atoms with Gasteiger partial charge in [0.05, 0.1) is 6.61 Å². The van der Waals surface area contributed by atoms with Crippen LogP contribution in [0.5, 0.6) is 5.75 Å². The fraction of sp³-hybridized carbons (Fsp3) is 0.529. The van der Waals surface area contributed by atoms with Gasteiger partial charge in [-0.05, 0) is 49.9 Å². The SMILES string of the molecule is CCC[C@H]1NC(=O)N(CCCOc2cc(C)cc(C)c2)C1=O. The van der Waals surface area contributed by atoms with Crippen LogP contribution in [0, 0.1) is 13.8 Å². The standard InChI is InChI=1S/C17H24N2O3/c1-4-6-15-16(20)19(17(21)18-15)7-5-8-22-14-10-12(2)9-13(3)11-14/h9-11,15H,4-8H2,1-3H3,(H,18,21)/t15-/m1/s1. The Morgan fingerprint density at radius 1 is 1.18 bits per heavy atom. The Hall–Kier alpha value is -2.04. The second kappa shape index (κ2) is 7.29. The van der Waals surface area contributed by atoms with Crippen molar-refractivity contribution in [2.75, 3.05) is 13.2 Å². The van der Waals surface area contributed by atoms with Gasteiger partial charge in [0.1, 0.15) is 11.8 Å². The molecule has 1 saturated heterocycles. The fourth-order valence-corrected chi connectivity index (χ4v) is 2.70. The number of hydrogen-bond donors (Lipinski definition) is 1. The summed E-state index contributed by atoms with van der Waals surface area (Å²) in [5, 5.41) is 2.72. The van der Waals surface area contributed by atoms with E-state index >= 15 is 0 Å². The molecule has 5 nitrogen and oxygen atoms in total. The summed E-state index contributed by atoms with van der Waals surface area (Å²) in [6.07, 6.45) is 2.20. The number of nitrogens with one attached hydrogen (secondary N) is 1. The lowest BCUT2D eigenvalue weighted by Gasteiger charge is -2.13. The molecule has 2 rings (SSSR count). The summed E-state index contributed by atoms with van der Waals surface area (Å²) in [7, 11) is 0. The van der Waals surface area contributed by atoms with Gasteiger partial charge in [-0.3, -0.25) is 9.69 Å². The highest BCUT2D eigenvalue weighted by Crippen LogP contribution is 2.17. The summed E-state index contributed by atoms with van der Waals surface area (Å²) in [4.78, 5) is 25.1. The third-order valence-corrected chi connectivity index (χ3v) is 3.67. The van der Waals surface area contributed by atoms with Gasteiger partial charge in [0.15, 0.2) is 0 Å². The molecule has 0 aliphatic carbocycles. The Morgan fingerprint density at radius 2 is 1.86 bits per heavy atom. The van der Waals surface area contributed by atoms with E-state index in [1.807, 2.05) is 32.9 Å². The number of rotatable bonds is 7. The number of aryl methyl sites for hydroxylation is 2. The van der Waals surface area contributed by atoms with Gasteiger partial charge in [0.2, 0.25) is 0 Å². The second-order valence-electron chi connectivity index (χ2n) is 5.81. The molecule has 1 N–H and O–H groups in total. The molecule has 1 fully saturated rings. The van der Waals surface area contributed by atoms with Crippen LogP contribution in [0.3, 0.4) is 0 Å². The molecule has 1 aromatic carbocycles. The summed E-state index contributed by atoms with van der Waals surface area (Å²) in [6.45, 7) is 6.94. The highest BCUT2D eigenvalue weighted by molar-refractivity contribution is 6.04. The quantitative estimate of drug-likeness (QED) is 0.622.